The standard InChI is InChI=1S/C11H10BrClO/c1-2-3-10(14)6-8-4-5-9(12)7-11(8)13/h2,4-5,7H,1,3,6H2. The van der Waals surface area contributed by atoms with Crippen LogP contribution in [0.2, 0.25) is 5.02 Å². The van der Waals surface area contributed by atoms with Gasteiger partial charge in [0.2, 0.25) is 0 Å². The molecular formula is C11H10BrClO. The average Bonchev–Trinajstić information content (AvgIpc) is 2.10. The maximum atomic E-state index is 11.3. The van der Waals surface area contributed by atoms with E-state index < -0.39 is 0 Å². The van der Waals surface area contributed by atoms with E-state index in [0.29, 0.717) is 17.9 Å². The van der Waals surface area contributed by atoms with Gasteiger partial charge in [0, 0.05) is 22.3 Å². The lowest BCUT2D eigenvalue weighted by molar-refractivity contribution is -0.117. The molecular weight excluding hydrogens is 263 g/mol. The van der Waals surface area contributed by atoms with E-state index in [0.717, 1.165) is 10.0 Å². The molecule has 0 aliphatic carbocycles. The Morgan fingerprint density at radius 1 is 1.57 bits per heavy atom. The largest absolute Gasteiger partial charge is 0.299 e. The first-order valence-corrected chi connectivity index (χ1v) is 5.37. The predicted octanol–water partition coefficient (Wildman–Crippen LogP) is 3.79. The number of hydrogen-bond acceptors (Lipinski definition) is 1. The lowest BCUT2D eigenvalue weighted by Crippen LogP contribution is -2.01. The van der Waals surface area contributed by atoms with E-state index in [1.165, 1.54) is 0 Å². The Morgan fingerprint density at radius 3 is 2.86 bits per heavy atom. The van der Waals surface area contributed by atoms with Crippen molar-refractivity contribution in [2.45, 2.75) is 12.8 Å². The highest BCUT2D eigenvalue weighted by Crippen LogP contribution is 2.22. The van der Waals surface area contributed by atoms with Crippen LogP contribution in [-0.2, 0) is 11.2 Å². The Kier molecular flexibility index (Phi) is 4.36. The minimum atomic E-state index is 0.129. The third kappa shape index (κ3) is 3.28. The number of carbonyl (C=O) groups excluding carboxylic acids is 1. The van der Waals surface area contributed by atoms with Gasteiger partial charge < -0.3 is 0 Å². The minimum Gasteiger partial charge on any atom is -0.299 e. The Balaban J connectivity index is 2.76. The quantitative estimate of drug-likeness (QED) is 0.763. The van der Waals surface area contributed by atoms with Crippen LogP contribution in [0.1, 0.15) is 12.0 Å². The molecule has 0 aliphatic heterocycles. The van der Waals surface area contributed by atoms with Crippen molar-refractivity contribution in [3.63, 3.8) is 0 Å². The number of rotatable bonds is 4. The molecule has 0 heterocycles. The molecule has 0 atom stereocenters. The molecule has 0 radical (unpaired) electrons. The summed E-state index contributed by atoms with van der Waals surface area (Å²) in [5.74, 6) is 0.129. The Hall–Kier alpha value is -0.600. The van der Waals surface area contributed by atoms with E-state index in [9.17, 15) is 4.79 Å². The van der Waals surface area contributed by atoms with Gasteiger partial charge in [-0.1, -0.05) is 39.7 Å². The van der Waals surface area contributed by atoms with Crippen LogP contribution < -0.4 is 0 Å². The Bertz CT molecular complexity index is 360. The van der Waals surface area contributed by atoms with Gasteiger partial charge in [0.25, 0.3) is 0 Å². The smallest absolute Gasteiger partial charge is 0.141 e. The molecule has 0 unspecified atom stereocenters. The average molecular weight is 274 g/mol. The summed E-state index contributed by atoms with van der Waals surface area (Å²) < 4.78 is 0.919. The summed E-state index contributed by atoms with van der Waals surface area (Å²) >= 11 is 9.27. The fraction of sp³-hybridized carbons (Fsp3) is 0.182. The van der Waals surface area contributed by atoms with Gasteiger partial charge in [-0.25, -0.2) is 0 Å². The van der Waals surface area contributed by atoms with Gasteiger partial charge >= 0.3 is 0 Å². The highest BCUT2D eigenvalue weighted by Gasteiger charge is 2.05. The van der Waals surface area contributed by atoms with Crippen molar-refractivity contribution < 1.29 is 4.79 Å². The maximum absolute atomic E-state index is 11.3. The van der Waals surface area contributed by atoms with E-state index >= 15 is 0 Å². The molecule has 3 heteroatoms. The zero-order chi connectivity index (χ0) is 10.6. The fourth-order valence-corrected chi connectivity index (χ4v) is 1.85. The first-order valence-electron chi connectivity index (χ1n) is 4.20. The molecule has 0 aliphatic rings. The number of Topliss-reactive ketones (excluding diaryl/α,β-unsaturated/α-hetero) is 1. The molecule has 14 heavy (non-hydrogen) atoms. The lowest BCUT2D eigenvalue weighted by atomic mass is 10.1. The topological polar surface area (TPSA) is 17.1 Å². The fourth-order valence-electron chi connectivity index (χ4n) is 1.11. The Morgan fingerprint density at radius 2 is 2.29 bits per heavy atom. The molecule has 0 spiro atoms. The van der Waals surface area contributed by atoms with Crippen LogP contribution in [-0.4, -0.2) is 5.78 Å². The first-order chi connectivity index (χ1) is 6.63. The van der Waals surface area contributed by atoms with Gasteiger partial charge in [-0.3, -0.25) is 4.79 Å². The SMILES string of the molecule is C=CCC(=O)Cc1ccc(Br)cc1Cl. The molecule has 0 aromatic heterocycles. The van der Waals surface area contributed by atoms with Gasteiger partial charge in [0.05, 0.1) is 0 Å². The summed E-state index contributed by atoms with van der Waals surface area (Å²) in [6.07, 6.45) is 2.37. The second kappa shape index (κ2) is 5.32. The number of carbonyl (C=O) groups is 1. The van der Waals surface area contributed by atoms with Gasteiger partial charge in [-0.15, -0.1) is 6.58 Å². The lowest BCUT2D eigenvalue weighted by Gasteiger charge is -2.02. The van der Waals surface area contributed by atoms with E-state index in [1.54, 1.807) is 12.1 Å². The summed E-state index contributed by atoms with van der Waals surface area (Å²) in [6, 6.07) is 5.52. The van der Waals surface area contributed by atoms with Crippen molar-refractivity contribution in [3.05, 3.63) is 45.9 Å². The van der Waals surface area contributed by atoms with E-state index in [2.05, 4.69) is 22.5 Å². The van der Waals surface area contributed by atoms with Crippen molar-refractivity contribution in [1.29, 1.82) is 0 Å². The molecule has 0 saturated heterocycles. The van der Waals surface area contributed by atoms with Crippen LogP contribution >= 0.6 is 27.5 Å². The van der Waals surface area contributed by atoms with Crippen LogP contribution in [0.3, 0.4) is 0 Å². The molecule has 0 bridgehead atoms. The number of halogens is 2. The number of benzene rings is 1. The minimum absolute atomic E-state index is 0.129. The molecule has 74 valence electrons. The van der Waals surface area contributed by atoms with Gasteiger partial charge in [-0.05, 0) is 17.7 Å². The highest BCUT2D eigenvalue weighted by molar-refractivity contribution is 9.10. The summed E-state index contributed by atoms with van der Waals surface area (Å²) in [5, 5.41) is 0.622. The summed E-state index contributed by atoms with van der Waals surface area (Å²) in [7, 11) is 0. The third-order valence-electron chi connectivity index (χ3n) is 1.77. The summed E-state index contributed by atoms with van der Waals surface area (Å²) in [4.78, 5) is 11.3. The van der Waals surface area contributed by atoms with Crippen LogP contribution in [0.15, 0.2) is 35.3 Å². The van der Waals surface area contributed by atoms with E-state index in [-0.39, 0.29) is 5.78 Å². The van der Waals surface area contributed by atoms with Crippen LogP contribution in [0, 0.1) is 0 Å². The number of allylic oxidation sites excluding steroid dienone is 1. The van der Waals surface area contributed by atoms with E-state index in [4.69, 9.17) is 11.6 Å². The van der Waals surface area contributed by atoms with Crippen molar-refractivity contribution in [2.75, 3.05) is 0 Å². The Labute approximate surface area is 96.9 Å². The number of ketones is 1. The second-order valence-corrected chi connectivity index (χ2v) is 4.27. The van der Waals surface area contributed by atoms with Crippen LogP contribution in [0.5, 0.6) is 0 Å². The molecule has 0 saturated carbocycles. The second-order valence-electron chi connectivity index (χ2n) is 2.94. The zero-order valence-electron chi connectivity index (χ0n) is 7.59. The van der Waals surface area contributed by atoms with Gasteiger partial charge in [0.15, 0.2) is 0 Å². The molecule has 0 amide bonds. The van der Waals surface area contributed by atoms with Crippen molar-refractivity contribution in [3.8, 4) is 0 Å². The monoisotopic (exact) mass is 272 g/mol. The first kappa shape index (κ1) is 11.5. The van der Waals surface area contributed by atoms with E-state index in [1.807, 2.05) is 12.1 Å². The summed E-state index contributed by atoms with van der Waals surface area (Å²) in [5.41, 5.74) is 0.863. The highest BCUT2D eigenvalue weighted by atomic mass is 79.9. The molecule has 1 aromatic rings. The van der Waals surface area contributed by atoms with Gasteiger partial charge in [0.1, 0.15) is 5.78 Å². The number of hydrogen-bond donors (Lipinski definition) is 0. The molecule has 1 aromatic carbocycles. The van der Waals surface area contributed by atoms with Crippen molar-refractivity contribution >= 4 is 33.3 Å². The van der Waals surface area contributed by atoms with Crippen molar-refractivity contribution in [2.24, 2.45) is 0 Å². The van der Waals surface area contributed by atoms with Crippen LogP contribution in [0.4, 0.5) is 0 Å². The van der Waals surface area contributed by atoms with Crippen molar-refractivity contribution in [1.82, 2.24) is 0 Å². The zero-order valence-corrected chi connectivity index (χ0v) is 9.94. The molecule has 0 N–H and O–H groups in total. The third-order valence-corrected chi connectivity index (χ3v) is 2.62. The molecule has 0 fully saturated rings. The predicted molar refractivity (Wildman–Crippen MR) is 62.7 cm³/mol. The molecule has 1 rings (SSSR count). The summed E-state index contributed by atoms with van der Waals surface area (Å²) in [6.45, 7) is 3.52. The molecule has 1 nitrogen and oxygen atoms in total. The maximum Gasteiger partial charge on any atom is 0.141 e. The normalized spacial score (nSPS) is 9.86. The van der Waals surface area contributed by atoms with Crippen LogP contribution in [0.25, 0.3) is 0 Å². The van der Waals surface area contributed by atoms with Gasteiger partial charge in [-0.2, -0.15) is 0 Å².